The molecule has 0 aliphatic carbocycles. The second-order valence-corrected chi connectivity index (χ2v) is 5.48. The second-order valence-electron chi connectivity index (χ2n) is 5.48. The van der Waals surface area contributed by atoms with Crippen molar-refractivity contribution in [3.63, 3.8) is 0 Å². The van der Waals surface area contributed by atoms with E-state index in [1.54, 1.807) is 30.5 Å². The van der Waals surface area contributed by atoms with Gasteiger partial charge in [0.2, 0.25) is 0 Å². The maximum absolute atomic E-state index is 14.3. The van der Waals surface area contributed by atoms with Crippen LogP contribution in [0, 0.1) is 5.82 Å². The van der Waals surface area contributed by atoms with Gasteiger partial charge in [0.15, 0.2) is 17.3 Å². The number of Topliss-reactive ketones (excluding diaryl/α,β-unsaturated/α-hetero) is 1. The minimum absolute atomic E-state index is 0.153. The predicted molar refractivity (Wildman–Crippen MR) is 85.3 cm³/mol. The molecule has 4 rings (SSSR count). The lowest BCUT2D eigenvalue weighted by atomic mass is 10.1. The number of halogens is 1. The lowest BCUT2D eigenvalue weighted by Crippen LogP contribution is -2.06. The van der Waals surface area contributed by atoms with E-state index in [0.29, 0.717) is 28.2 Å². The molecule has 0 bridgehead atoms. The first-order valence-electron chi connectivity index (χ1n) is 7.37. The number of ketones is 1. The third-order valence-electron chi connectivity index (χ3n) is 3.81. The van der Waals surface area contributed by atoms with E-state index in [1.807, 2.05) is 6.07 Å². The molecule has 0 amide bonds. The number of hydrogen-bond acceptors (Lipinski definition) is 5. The van der Waals surface area contributed by atoms with Gasteiger partial charge in [0.05, 0.1) is 5.52 Å². The molecular weight excluding hydrogens is 309 g/mol. The van der Waals surface area contributed by atoms with Crippen LogP contribution in [0.4, 0.5) is 4.39 Å². The van der Waals surface area contributed by atoms with Crippen LogP contribution in [0.5, 0.6) is 0 Å². The van der Waals surface area contributed by atoms with Crippen molar-refractivity contribution in [1.29, 1.82) is 0 Å². The summed E-state index contributed by atoms with van der Waals surface area (Å²) in [5.41, 5.74) is 1.89. The van der Waals surface area contributed by atoms with E-state index < -0.39 is 0 Å². The molecule has 1 aromatic carbocycles. The monoisotopic (exact) mass is 321 g/mol. The Morgan fingerprint density at radius 2 is 2.08 bits per heavy atom. The molecule has 7 heteroatoms. The number of benzene rings is 1. The van der Waals surface area contributed by atoms with Crippen LogP contribution in [0.1, 0.15) is 28.8 Å². The molecule has 4 aromatic rings. The van der Waals surface area contributed by atoms with Gasteiger partial charge in [0.1, 0.15) is 11.5 Å². The van der Waals surface area contributed by atoms with Gasteiger partial charge in [-0.15, -0.1) is 10.2 Å². The fourth-order valence-corrected chi connectivity index (χ4v) is 2.58. The maximum atomic E-state index is 14.3. The average molecular weight is 321 g/mol. The van der Waals surface area contributed by atoms with Crippen LogP contribution in [0.25, 0.3) is 16.6 Å². The summed E-state index contributed by atoms with van der Waals surface area (Å²) < 4.78 is 15.8. The number of aromatic nitrogens is 5. The van der Waals surface area contributed by atoms with Gasteiger partial charge in [0.25, 0.3) is 0 Å². The molecule has 6 nitrogen and oxygen atoms in total. The summed E-state index contributed by atoms with van der Waals surface area (Å²) >= 11 is 0. The highest BCUT2D eigenvalue weighted by atomic mass is 19.1. The van der Waals surface area contributed by atoms with Gasteiger partial charge in [-0.2, -0.15) is 9.61 Å². The number of carbonyl (C=O) groups excluding carboxylic acids is 1. The van der Waals surface area contributed by atoms with E-state index in [4.69, 9.17) is 0 Å². The topological polar surface area (TPSA) is 73.0 Å². The zero-order chi connectivity index (χ0) is 16.7. The zero-order valence-corrected chi connectivity index (χ0v) is 12.8. The number of rotatable bonds is 3. The minimum Gasteiger partial charge on any atom is -0.293 e. The van der Waals surface area contributed by atoms with Crippen LogP contribution < -0.4 is 0 Å². The molecular formula is C17H12FN5O. The summed E-state index contributed by atoms with van der Waals surface area (Å²) in [4.78, 5) is 15.6. The molecule has 0 N–H and O–H groups in total. The van der Waals surface area contributed by atoms with Crippen molar-refractivity contribution in [2.24, 2.45) is 0 Å². The zero-order valence-electron chi connectivity index (χ0n) is 12.8. The minimum atomic E-state index is -0.360. The molecule has 0 aliphatic rings. The molecule has 0 spiro atoms. The fourth-order valence-electron chi connectivity index (χ4n) is 2.58. The Morgan fingerprint density at radius 3 is 2.92 bits per heavy atom. The van der Waals surface area contributed by atoms with Crippen molar-refractivity contribution in [1.82, 2.24) is 24.8 Å². The Morgan fingerprint density at radius 1 is 1.21 bits per heavy atom. The molecule has 0 radical (unpaired) electrons. The van der Waals surface area contributed by atoms with Gasteiger partial charge in [-0.05, 0) is 29.8 Å². The van der Waals surface area contributed by atoms with E-state index in [1.165, 1.54) is 17.5 Å². The summed E-state index contributed by atoms with van der Waals surface area (Å²) in [5, 5.41) is 13.2. The van der Waals surface area contributed by atoms with Crippen LogP contribution in [-0.2, 0) is 6.42 Å². The van der Waals surface area contributed by atoms with Gasteiger partial charge < -0.3 is 0 Å². The van der Waals surface area contributed by atoms with Gasteiger partial charge in [-0.1, -0.05) is 6.07 Å². The van der Waals surface area contributed by atoms with E-state index in [2.05, 4.69) is 20.3 Å². The highest BCUT2D eigenvalue weighted by Crippen LogP contribution is 2.19. The van der Waals surface area contributed by atoms with Crippen molar-refractivity contribution in [3.8, 4) is 0 Å². The number of nitrogens with zero attached hydrogens (tertiary/aromatic N) is 5. The molecule has 118 valence electrons. The third-order valence-corrected chi connectivity index (χ3v) is 3.81. The lowest BCUT2D eigenvalue weighted by Gasteiger charge is -2.05. The number of carbonyl (C=O) groups is 1. The molecule has 3 heterocycles. The molecule has 3 aromatic heterocycles. The van der Waals surface area contributed by atoms with Gasteiger partial charge in [-0.3, -0.25) is 9.78 Å². The summed E-state index contributed by atoms with van der Waals surface area (Å²) in [6.45, 7) is 1.44. The number of pyridine rings is 1. The molecule has 24 heavy (non-hydrogen) atoms. The molecule has 0 saturated heterocycles. The van der Waals surface area contributed by atoms with Crippen molar-refractivity contribution in [3.05, 3.63) is 65.5 Å². The van der Waals surface area contributed by atoms with Crippen molar-refractivity contribution >= 4 is 22.3 Å². The smallest absolute Gasteiger partial charge is 0.179 e. The van der Waals surface area contributed by atoms with Crippen LogP contribution in [-0.4, -0.2) is 30.6 Å². The van der Waals surface area contributed by atoms with E-state index >= 15 is 0 Å². The molecule has 0 aliphatic heterocycles. The normalized spacial score (nSPS) is 11.2. The molecule has 0 unspecified atom stereocenters. The second kappa shape index (κ2) is 5.45. The van der Waals surface area contributed by atoms with Gasteiger partial charge in [-0.25, -0.2) is 4.39 Å². The van der Waals surface area contributed by atoms with Gasteiger partial charge in [0, 0.05) is 31.0 Å². The summed E-state index contributed by atoms with van der Waals surface area (Å²) in [6, 6.07) is 10.1. The first kappa shape index (κ1) is 14.4. The fraction of sp³-hybridized carbons (Fsp3) is 0.118. The summed E-state index contributed by atoms with van der Waals surface area (Å²) in [7, 11) is 0. The summed E-state index contributed by atoms with van der Waals surface area (Å²) in [5.74, 6) is -0.0459. The highest BCUT2D eigenvalue weighted by molar-refractivity contribution is 5.92. The first-order chi connectivity index (χ1) is 11.6. The maximum Gasteiger partial charge on any atom is 0.179 e. The Kier molecular flexibility index (Phi) is 3.26. The van der Waals surface area contributed by atoms with Crippen molar-refractivity contribution < 1.29 is 9.18 Å². The molecule has 0 saturated carbocycles. The predicted octanol–water partition coefficient (Wildman–Crippen LogP) is 2.61. The Balaban J connectivity index is 1.80. The Bertz CT molecular complexity index is 1090. The molecule has 0 fully saturated rings. The van der Waals surface area contributed by atoms with Crippen LogP contribution in [0.2, 0.25) is 0 Å². The highest BCUT2D eigenvalue weighted by Gasteiger charge is 2.13. The van der Waals surface area contributed by atoms with E-state index in [9.17, 15) is 9.18 Å². The third kappa shape index (κ3) is 2.40. The number of fused-ring (bicyclic) bond motifs is 2. The standard InChI is InChI=1S/C17H12FN5O/c1-10(24)14-4-5-16-20-21-17(23(16)22-14)8-12-7-11-3-2-6-19-15(11)9-13(12)18/h2-7,9H,8H2,1H3. The van der Waals surface area contributed by atoms with Crippen LogP contribution in [0.3, 0.4) is 0 Å². The van der Waals surface area contributed by atoms with Gasteiger partial charge >= 0.3 is 0 Å². The average Bonchev–Trinajstić information content (AvgIpc) is 2.97. The number of hydrogen-bond donors (Lipinski definition) is 0. The van der Waals surface area contributed by atoms with Crippen LogP contribution in [0.15, 0.2) is 42.6 Å². The Labute approximate surface area is 136 Å². The molecule has 0 atom stereocenters. The largest absolute Gasteiger partial charge is 0.293 e. The Hall–Kier alpha value is -3.22. The van der Waals surface area contributed by atoms with Crippen molar-refractivity contribution in [2.75, 3.05) is 0 Å². The van der Waals surface area contributed by atoms with E-state index in [-0.39, 0.29) is 18.0 Å². The van der Waals surface area contributed by atoms with E-state index in [0.717, 1.165) is 5.39 Å². The summed E-state index contributed by atoms with van der Waals surface area (Å²) in [6.07, 6.45) is 1.84. The van der Waals surface area contributed by atoms with Crippen molar-refractivity contribution in [2.45, 2.75) is 13.3 Å². The first-order valence-corrected chi connectivity index (χ1v) is 7.37. The quantitative estimate of drug-likeness (QED) is 0.542. The SMILES string of the molecule is CC(=O)c1ccc2nnc(Cc3cc4cccnc4cc3F)n2n1. The lowest BCUT2D eigenvalue weighted by molar-refractivity contribution is 0.101. The van der Waals surface area contributed by atoms with Crippen LogP contribution >= 0.6 is 0 Å².